The molecule has 0 saturated heterocycles. The molecule has 0 unspecified atom stereocenters. The molecule has 0 radical (unpaired) electrons. The molecule has 14 N–H and O–H groups in total. The summed E-state index contributed by atoms with van der Waals surface area (Å²) < 4.78 is 0. The molecule has 0 aliphatic carbocycles. The molecule has 5 amide bonds. The maximum absolute atomic E-state index is 13.1. The average Bonchev–Trinajstić information content (AvgIpc) is 3.00. The second kappa shape index (κ2) is 20.0. The molecule has 0 aliphatic rings. The van der Waals surface area contributed by atoms with Crippen molar-refractivity contribution >= 4 is 47.4 Å². The van der Waals surface area contributed by atoms with E-state index in [4.69, 9.17) is 22.0 Å². The number of aliphatic hydroxyl groups excluding tert-OH is 1. The van der Waals surface area contributed by atoms with E-state index in [1.807, 2.05) is 0 Å². The van der Waals surface area contributed by atoms with Gasteiger partial charge in [0.2, 0.25) is 29.5 Å². The molecule has 0 aromatic heterocycles. The highest BCUT2D eigenvalue weighted by atomic mass is 16.4. The Kier molecular flexibility index (Phi) is 17.0. The number of benzene rings is 1. The van der Waals surface area contributed by atoms with Crippen LogP contribution in [0.25, 0.3) is 0 Å². The number of aliphatic hydroxyl groups is 1. The van der Waals surface area contributed by atoms with Gasteiger partial charge in [-0.05, 0) is 39.2 Å². The van der Waals surface area contributed by atoms with Crippen molar-refractivity contribution in [1.29, 1.82) is 5.41 Å². The molecule has 0 saturated carbocycles. The third-order valence-electron chi connectivity index (χ3n) is 6.82. The number of nitrogens with two attached hydrogens (primary N) is 2. The predicted octanol–water partition coefficient (Wildman–Crippen LogP) is -3.78. The van der Waals surface area contributed by atoms with Gasteiger partial charge in [-0.2, -0.15) is 0 Å². The fourth-order valence-electron chi connectivity index (χ4n) is 4.14. The summed E-state index contributed by atoms with van der Waals surface area (Å²) in [7, 11) is 0. The molecule has 1 aromatic rings. The van der Waals surface area contributed by atoms with Crippen molar-refractivity contribution in [3.8, 4) is 0 Å². The minimum atomic E-state index is -1.65. The molecule has 1 aromatic carbocycles. The topological polar surface area (TPSA) is 328 Å². The van der Waals surface area contributed by atoms with Crippen LogP contribution in [-0.2, 0) is 40.0 Å². The van der Waals surface area contributed by atoms with Gasteiger partial charge in [0.05, 0.1) is 18.6 Å². The molecule has 19 nitrogen and oxygen atoms in total. The van der Waals surface area contributed by atoms with Gasteiger partial charge in [-0.15, -0.1) is 0 Å². The number of carbonyl (C=O) groups excluding carboxylic acids is 5. The highest BCUT2D eigenvalue weighted by Gasteiger charge is 2.32. The molecular formula is C29H45N9O10. The summed E-state index contributed by atoms with van der Waals surface area (Å²) in [6, 6.07) is 0.332. The summed E-state index contributed by atoms with van der Waals surface area (Å²) in [6.07, 6.45) is -1.97. The van der Waals surface area contributed by atoms with E-state index in [9.17, 15) is 43.8 Å². The van der Waals surface area contributed by atoms with Crippen molar-refractivity contribution in [2.75, 3.05) is 6.54 Å². The number of nitrogens with one attached hydrogen (secondary N) is 7. The Bertz CT molecular complexity index is 1310. The van der Waals surface area contributed by atoms with Crippen LogP contribution >= 0.6 is 0 Å². The Balaban J connectivity index is 2.96. The van der Waals surface area contributed by atoms with Gasteiger partial charge in [0, 0.05) is 13.0 Å². The second-order valence-electron chi connectivity index (χ2n) is 11.0. The van der Waals surface area contributed by atoms with Crippen LogP contribution < -0.4 is 43.4 Å². The van der Waals surface area contributed by atoms with E-state index in [1.165, 1.54) is 20.8 Å². The van der Waals surface area contributed by atoms with Crippen LogP contribution in [0, 0.1) is 5.41 Å². The maximum Gasteiger partial charge on any atom is 0.328 e. The lowest BCUT2D eigenvalue weighted by molar-refractivity contribution is -0.145. The van der Waals surface area contributed by atoms with E-state index in [0.29, 0.717) is 5.56 Å². The normalized spacial score (nSPS) is 15.1. The maximum atomic E-state index is 13.1. The van der Waals surface area contributed by atoms with Gasteiger partial charge in [0.1, 0.15) is 24.2 Å². The molecule has 48 heavy (non-hydrogen) atoms. The monoisotopic (exact) mass is 679 g/mol. The number of amides is 5. The third kappa shape index (κ3) is 14.9. The molecule has 0 bridgehead atoms. The zero-order chi connectivity index (χ0) is 36.6. The van der Waals surface area contributed by atoms with Crippen molar-refractivity contribution in [3.05, 3.63) is 35.9 Å². The lowest BCUT2D eigenvalue weighted by atomic mass is 10.0. The van der Waals surface area contributed by atoms with E-state index in [0.717, 1.165) is 0 Å². The van der Waals surface area contributed by atoms with E-state index < -0.39 is 90.3 Å². The molecular weight excluding hydrogens is 634 g/mol. The molecule has 19 heteroatoms. The van der Waals surface area contributed by atoms with E-state index in [2.05, 4.69) is 31.9 Å². The largest absolute Gasteiger partial charge is 0.481 e. The highest BCUT2D eigenvalue weighted by Crippen LogP contribution is 2.06. The first-order valence-electron chi connectivity index (χ1n) is 14.9. The quantitative estimate of drug-likeness (QED) is 0.0358. The van der Waals surface area contributed by atoms with Crippen molar-refractivity contribution in [2.45, 2.75) is 88.8 Å². The van der Waals surface area contributed by atoms with Crippen molar-refractivity contribution in [1.82, 2.24) is 31.9 Å². The number of guanidine groups is 1. The molecule has 0 aliphatic heterocycles. The summed E-state index contributed by atoms with van der Waals surface area (Å²) in [5.41, 5.74) is 11.5. The Morgan fingerprint density at radius 1 is 0.771 bits per heavy atom. The smallest absolute Gasteiger partial charge is 0.328 e. The van der Waals surface area contributed by atoms with E-state index in [1.54, 1.807) is 30.3 Å². The number of aliphatic carboxylic acids is 2. The molecule has 0 heterocycles. The van der Waals surface area contributed by atoms with Gasteiger partial charge in [-0.25, -0.2) is 4.79 Å². The SMILES string of the molecule is C[C@H](NC(=O)[C@H](C)NC(=O)[C@H](CCCNC(=N)N)NC(=O)[C@@H](N)CC(=O)O)C(=O)N[C@@H](Cc1ccccc1)C(=O)N[C@H](C(=O)O)[C@@H](C)O. The minimum absolute atomic E-state index is 0.00649. The summed E-state index contributed by atoms with van der Waals surface area (Å²) in [5.74, 6) is -7.41. The number of hydrogen-bond acceptors (Lipinski definition) is 10. The van der Waals surface area contributed by atoms with Gasteiger partial charge >= 0.3 is 11.9 Å². The summed E-state index contributed by atoms with van der Waals surface area (Å²) in [6.45, 7) is 3.96. The van der Waals surface area contributed by atoms with E-state index in [-0.39, 0.29) is 31.8 Å². The Morgan fingerprint density at radius 3 is 1.81 bits per heavy atom. The molecule has 7 atom stereocenters. The molecule has 0 fully saturated rings. The Hall–Kier alpha value is -5.30. The standard InChI is InChI=1S/C29H45N9O10/c1-14(35-26(45)19(10-7-11-33-29(31)32)36-25(44)18(30)13-21(40)41)23(42)34-15(2)24(43)37-20(12-17-8-5-4-6-9-17)27(46)38-22(16(3)39)28(47)48/h4-6,8-9,14-16,18-20,22,39H,7,10-13,30H2,1-3H3,(H,34,42)(H,35,45)(H,36,44)(H,37,43)(H,38,46)(H,40,41)(H,47,48)(H4,31,32,33)/t14-,15-,16+,18-,19-,20-,22-/m0/s1. The number of carbonyl (C=O) groups is 7. The lowest BCUT2D eigenvalue weighted by Crippen LogP contribution is -2.59. The van der Waals surface area contributed by atoms with Crippen LogP contribution in [0.1, 0.15) is 45.6 Å². The summed E-state index contributed by atoms with van der Waals surface area (Å²) >= 11 is 0. The number of hydrogen-bond donors (Lipinski definition) is 12. The number of carboxylic acids is 2. The van der Waals surface area contributed by atoms with Crippen molar-refractivity contribution in [3.63, 3.8) is 0 Å². The molecule has 0 spiro atoms. The van der Waals surface area contributed by atoms with Crippen LogP contribution in [0.5, 0.6) is 0 Å². The van der Waals surface area contributed by atoms with Crippen LogP contribution in [0.4, 0.5) is 0 Å². The van der Waals surface area contributed by atoms with Gasteiger partial charge in [-0.1, -0.05) is 30.3 Å². The van der Waals surface area contributed by atoms with Crippen LogP contribution in [-0.4, -0.2) is 112 Å². The molecule has 1 rings (SSSR count). The van der Waals surface area contributed by atoms with Gasteiger partial charge in [0.15, 0.2) is 12.0 Å². The van der Waals surface area contributed by atoms with Crippen molar-refractivity contribution in [2.24, 2.45) is 11.5 Å². The minimum Gasteiger partial charge on any atom is -0.481 e. The average molecular weight is 680 g/mol. The summed E-state index contributed by atoms with van der Waals surface area (Å²) in [4.78, 5) is 86.9. The first-order valence-corrected chi connectivity index (χ1v) is 14.9. The fourth-order valence-corrected chi connectivity index (χ4v) is 4.14. The van der Waals surface area contributed by atoms with Crippen LogP contribution in [0.15, 0.2) is 30.3 Å². The number of rotatable bonds is 20. The fraction of sp³-hybridized carbons (Fsp3) is 0.517. The zero-order valence-electron chi connectivity index (χ0n) is 26.8. The third-order valence-corrected chi connectivity index (χ3v) is 6.82. The van der Waals surface area contributed by atoms with Gasteiger partial charge < -0.3 is 58.7 Å². The van der Waals surface area contributed by atoms with E-state index >= 15 is 0 Å². The Labute approximate surface area is 276 Å². The van der Waals surface area contributed by atoms with Gasteiger partial charge in [-0.3, -0.25) is 34.2 Å². The Morgan fingerprint density at radius 2 is 1.29 bits per heavy atom. The highest BCUT2D eigenvalue weighted by molar-refractivity contribution is 5.96. The summed E-state index contributed by atoms with van der Waals surface area (Å²) in [5, 5.41) is 49.6. The zero-order valence-corrected chi connectivity index (χ0v) is 26.8. The second-order valence-corrected chi connectivity index (χ2v) is 11.0. The lowest BCUT2D eigenvalue weighted by Gasteiger charge is -2.25. The van der Waals surface area contributed by atoms with Crippen LogP contribution in [0.2, 0.25) is 0 Å². The first-order chi connectivity index (χ1) is 22.4. The first kappa shape index (κ1) is 40.7. The van der Waals surface area contributed by atoms with Gasteiger partial charge in [0.25, 0.3) is 0 Å². The number of carboxylic acid groups (broad SMARTS) is 2. The van der Waals surface area contributed by atoms with Crippen LogP contribution in [0.3, 0.4) is 0 Å². The van der Waals surface area contributed by atoms with Crippen molar-refractivity contribution < 1.29 is 48.9 Å². The molecule has 266 valence electrons. The predicted molar refractivity (Wildman–Crippen MR) is 170 cm³/mol.